The predicted octanol–water partition coefficient (Wildman–Crippen LogP) is 2.82. The highest BCUT2D eigenvalue weighted by molar-refractivity contribution is 7.99. The van der Waals surface area contributed by atoms with Crippen molar-refractivity contribution in [3.63, 3.8) is 0 Å². The molecule has 0 saturated carbocycles. The van der Waals surface area contributed by atoms with Gasteiger partial charge in [-0.3, -0.25) is 0 Å². The third-order valence-corrected chi connectivity index (χ3v) is 2.32. The van der Waals surface area contributed by atoms with Gasteiger partial charge in [-0.1, -0.05) is 13.0 Å². The van der Waals surface area contributed by atoms with Crippen molar-refractivity contribution in [1.29, 1.82) is 0 Å². The highest BCUT2D eigenvalue weighted by atomic mass is 32.2. The zero-order valence-corrected chi connectivity index (χ0v) is 8.77. The van der Waals surface area contributed by atoms with Gasteiger partial charge >= 0.3 is 0 Å². The molecule has 0 aliphatic carbocycles. The molecular formula is C10H14O2S. The van der Waals surface area contributed by atoms with E-state index in [9.17, 15) is 0 Å². The molecule has 0 spiro atoms. The lowest BCUT2D eigenvalue weighted by Crippen LogP contribution is -1.92. The van der Waals surface area contributed by atoms with Crippen molar-refractivity contribution in [2.75, 3.05) is 19.9 Å². The lowest BCUT2D eigenvalue weighted by Gasteiger charge is -2.10. The van der Waals surface area contributed by atoms with E-state index in [0.717, 1.165) is 16.7 Å². The van der Waals surface area contributed by atoms with Crippen LogP contribution in [0, 0.1) is 0 Å². The molecule has 1 rings (SSSR count). The molecule has 0 aliphatic heterocycles. The lowest BCUT2D eigenvalue weighted by molar-refractivity contribution is 0.348. The maximum atomic E-state index is 7.50. The average Bonchev–Trinajstić information content (AvgIpc) is 2.15. The Bertz CT molecular complexity index is 337. The quantitative estimate of drug-likeness (QED) is 0.550. The largest absolute Gasteiger partial charge is 0.493 e. The second-order valence-electron chi connectivity index (χ2n) is 2.30. The van der Waals surface area contributed by atoms with Crippen LogP contribution in [0.4, 0.5) is 0 Å². The molecule has 1 aromatic carbocycles. The Morgan fingerprint density at radius 2 is 2.31 bits per heavy atom. The fourth-order valence-corrected chi connectivity index (χ4v) is 1.69. The molecule has 0 fully saturated rings. The van der Waals surface area contributed by atoms with E-state index in [1.807, 2.05) is 12.1 Å². The molecule has 0 bridgehead atoms. The van der Waals surface area contributed by atoms with Crippen LogP contribution in [-0.4, -0.2) is 19.9 Å². The third kappa shape index (κ3) is 2.31. The minimum absolute atomic E-state index is 0.579. The highest BCUT2D eigenvalue weighted by Crippen LogP contribution is 2.36. The van der Waals surface area contributed by atoms with Gasteiger partial charge in [0.15, 0.2) is 11.5 Å². The molecule has 0 unspecified atom stereocenters. The zero-order valence-electron chi connectivity index (χ0n) is 9.96. The fourth-order valence-electron chi connectivity index (χ4n) is 1.05. The number of rotatable bonds is 4. The second kappa shape index (κ2) is 5.02. The number of thioether (sulfide) groups is 1. The van der Waals surface area contributed by atoms with Gasteiger partial charge in [0, 0.05) is 2.74 Å². The number of methoxy groups -OCH3 is 2. The van der Waals surface area contributed by atoms with Gasteiger partial charge in [0.05, 0.1) is 19.1 Å². The number of ether oxygens (including phenoxy) is 2. The third-order valence-electron chi connectivity index (χ3n) is 1.58. The normalized spacial score (nSPS) is 16.8. The smallest absolute Gasteiger partial charge is 0.174 e. The molecule has 1 atom stereocenters. The summed E-state index contributed by atoms with van der Waals surface area (Å²) in [6, 6.07) is 5.41. The van der Waals surface area contributed by atoms with Gasteiger partial charge in [0.25, 0.3) is 0 Å². The van der Waals surface area contributed by atoms with Crippen molar-refractivity contribution in [2.45, 2.75) is 11.8 Å². The summed E-state index contributed by atoms with van der Waals surface area (Å²) in [5.41, 5.74) is -1.33. The maximum Gasteiger partial charge on any atom is 0.174 e. The summed E-state index contributed by atoms with van der Waals surface area (Å²) in [5.74, 6) is 1.20. The van der Waals surface area contributed by atoms with Crippen LogP contribution in [-0.2, 0) is 0 Å². The fraction of sp³-hybridized carbons (Fsp3) is 0.400. The molecule has 0 radical (unpaired) electrons. The van der Waals surface area contributed by atoms with Gasteiger partial charge in [-0.05, 0) is 17.8 Å². The van der Waals surface area contributed by atoms with Gasteiger partial charge in [-0.25, -0.2) is 0 Å². The molecule has 0 N–H and O–H groups in total. The summed E-state index contributed by atoms with van der Waals surface area (Å²) in [4.78, 5) is 0.740. The van der Waals surface area contributed by atoms with E-state index in [2.05, 4.69) is 0 Å². The van der Waals surface area contributed by atoms with Crippen LogP contribution in [0.3, 0.4) is 0 Å². The first-order valence-corrected chi connectivity index (χ1v) is 4.69. The van der Waals surface area contributed by atoms with Gasteiger partial charge < -0.3 is 9.47 Å². The maximum absolute atomic E-state index is 7.50. The molecule has 0 amide bonds. The second-order valence-corrected chi connectivity index (χ2v) is 3.35. The summed E-state index contributed by atoms with van der Waals surface area (Å²) in [7, 11) is 3.11. The first kappa shape index (κ1) is 7.56. The Balaban J connectivity index is 3.06. The van der Waals surface area contributed by atoms with E-state index in [1.54, 1.807) is 20.3 Å². The first-order valence-electron chi connectivity index (χ1n) is 4.88. The number of hydrogen-bond acceptors (Lipinski definition) is 3. The molecule has 0 saturated heterocycles. The van der Waals surface area contributed by atoms with Crippen molar-refractivity contribution in [1.82, 2.24) is 0 Å². The van der Waals surface area contributed by atoms with E-state index in [-0.39, 0.29) is 0 Å². The van der Waals surface area contributed by atoms with Gasteiger partial charge in [-0.2, -0.15) is 0 Å². The van der Waals surface area contributed by atoms with Crippen LogP contribution < -0.4 is 9.47 Å². The van der Waals surface area contributed by atoms with Crippen LogP contribution in [0.2, 0.25) is 0 Å². The van der Waals surface area contributed by atoms with E-state index in [0.29, 0.717) is 11.5 Å². The molecule has 0 heterocycles. The van der Waals surface area contributed by atoms with E-state index >= 15 is 0 Å². The highest BCUT2D eigenvalue weighted by Gasteiger charge is 2.08. The Hall–Kier alpha value is -0.830. The molecule has 3 heteroatoms. The molecule has 72 valence electrons. The monoisotopic (exact) mass is 200 g/mol. The Morgan fingerprint density at radius 3 is 2.85 bits per heavy atom. The van der Waals surface area contributed by atoms with Gasteiger partial charge in [-0.15, -0.1) is 11.8 Å². The molecule has 2 nitrogen and oxygen atoms in total. The minimum Gasteiger partial charge on any atom is -0.493 e. The van der Waals surface area contributed by atoms with Crippen LogP contribution in [0.5, 0.6) is 11.5 Å². The predicted molar refractivity (Wildman–Crippen MR) is 55.9 cm³/mol. The molecular weight excluding hydrogens is 185 g/mol. The lowest BCUT2D eigenvalue weighted by atomic mass is 10.3. The van der Waals surface area contributed by atoms with Crippen molar-refractivity contribution in [3.8, 4) is 11.5 Å². The first-order chi connectivity index (χ1) is 6.98. The molecule has 0 aliphatic rings. The summed E-state index contributed by atoms with van der Waals surface area (Å²) >= 11 is 1.11. The summed E-state index contributed by atoms with van der Waals surface area (Å²) in [6.45, 7) is 1.51. The molecule has 1 aromatic rings. The summed E-state index contributed by atoms with van der Waals surface area (Å²) < 4.78 is 25.3. The number of hydrogen-bond donors (Lipinski definition) is 0. The minimum atomic E-state index is -1.33. The van der Waals surface area contributed by atoms with E-state index in [1.165, 1.54) is 6.92 Å². The van der Waals surface area contributed by atoms with E-state index in [4.69, 9.17) is 12.2 Å². The van der Waals surface area contributed by atoms with Gasteiger partial charge in [0.1, 0.15) is 0 Å². The Morgan fingerprint density at radius 1 is 1.54 bits per heavy atom. The number of para-hydroxylation sites is 1. The topological polar surface area (TPSA) is 18.5 Å². The SMILES string of the molecule is [1H][13C@]([2H])(C)Sc1cccc(OC)c1OC. The van der Waals surface area contributed by atoms with Crippen molar-refractivity contribution >= 4 is 11.8 Å². The van der Waals surface area contributed by atoms with Crippen LogP contribution >= 0.6 is 11.8 Å². The number of benzene rings is 1. The van der Waals surface area contributed by atoms with Crippen LogP contribution in [0.25, 0.3) is 0 Å². The van der Waals surface area contributed by atoms with Crippen molar-refractivity contribution in [2.24, 2.45) is 0 Å². The van der Waals surface area contributed by atoms with Gasteiger partial charge in [0.2, 0.25) is 0 Å². The zero-order chi connectivity index (χ0) is 11.5. The Kier molecular flexibility index (Phi) is 2.92. The molecule has 0 aromatic heterocycles. The van der Waals surface area contributed by atoms with Crippen molar-refractivity contribution < 1.29 is 12.2 Å². The summed E-state index contributed by atoms with van der Waals surface area (Å²) in [6.07, 6.45) is 0. The van der Waals surface area contributed by atoms with Crippen LogP contribution in [0.1, 0.15) is 9.67 Å². The Labute approximate surface area is 86.1 Å². The molecule has 13 heavy (non-hydrogen) atoms. The van der Waals surface area contributed by atoms with Crippen molar-refractivity contribution in [3.05, 3.63) is 18.2 Å². The summed E-state index contributed by atoms with van der Waals surface area (Å²) in [5, 5.41) is 0. The standard InChI is InChI=1S/C10H14O2S/c1-4-13-9-7-5-6-8(11-2)10(9)12-3/h5-7H,4H2,1-3H3/i4+1DH/t4-/m0/s1. The average molecular weight is 200 g/mol. The van der Waals surface area contributed by atoms with E-state index < -0.39 is 5.70 Å². The van der Waals surface area contributed by atoms with Crippen LogP contribution in [0.15, 0.2) is 23.1 Å².